The van der Waals surface area contributed by atoms with Gasteiger partial charge in [-0.05, 0) is 24.6 Å². The average Bonchev–Trinajstić information content (AvgIpc) is 2.24. The van der Waals surface area contributed by atoms with Gasteiger partial charge < -0.3 is 10.2 Å². The fourth-order valence-electron chi connectivity index (χ4n) is 1.62. The number of nitrogens with one attached hydrogen (secondary N) is 1. The number of benzene rings is 1. The van der Waals surface area contributed by atoms with E-state index in [2.05, 4.69) is 5.32 Å². The summed E-state index contributed by atoms with van der Waals surface area (Å²) in [5.74, 6) is 0. The number of nitrogens with zero attached hydrogens (tertiary/aromatic N) is 1. The van der Waals surface area contributed by atoms with Crippen LogP contribution in [0.25, 0.3) is 0 Å². The van der Waals surface area contributed by atoms with Gasteiger partial charge in [-0.25, -0.2) is 0 Å². The number of halogens is 3. The Kier molecular flexibility index (Phi) is 5.02. The van der Waals surface area contributed by atoms with Crippen LogP contribution in [0.4, 0.5) is 18.9 Å². The Hall–Kier alpha value is -1.23. The van der Waals surface area contributed by atoms with Crippen LogP contribution in [0.15, 0.2) is 24.3 Å². The first-order valence-electron chi connectivity index (χ1n) is 5.84. The van der Waals surface area contributed by atoms with Crippen molar-refractivity contribution in [1.29, 1.82) is 0 Å². The van der Waals surface area contributed by atoms with Gasteiger partial charge in [-0.3, -0.25) is 0 Å². The lowest BCUT2D eigenvalue weighted by atomic mass is 10.1. The van der Waals surface area contributed by atoms with Gasteiger partial charge in [0.1, 0.15) is 0 Å². The van der Waals surface area contributed by atoms with Crippen molar-refractivity contribution in [1.82, 2.24) is 5.32 Å². The molecule has 0 radical (unpaired) electrons. The molecule has 0 aliphatic rings. The Bertz CT molecular complexity index is 357. The molecule has 1 atom stereocenters. The second kappa shape index (κ2) is 6.09. The number of hydrogen-bond donors (Lipinski definition) is 1. The third kappa shape index (κ3) is 5.40. The van der Waals surface area contributed by atoms with Gasteiger partial charge in [0.15, 0.2) is 0 Å². The van der Waals surface area contributed by atoms with Crippen molar-refractivity contribution >= 4 is 5.69 Å². The summed E-state index contributed by atoms with van der Waals surface area (Å²) in [6.07, 6.45) is -4.91. The van der Waals surface area contributed by atoms with Crippen molar-refractivity contribution < 1.29 is 13.2 Å². The summed E-state index contributed by atoms with van der Waals surface area (Å²) in [6.45, 7) is 1.99. The highest BCUT2D eigenvalue weighted by molar-refractivity contribution is 5.45. The summed E-state index contributed by atoms with van der Waals surface area (Å²) in [4.78, 5) is 1.98. The molecule has 102 valence electrons. The smallest absolute Gasteiger partial charge is 0.378 e. The van der Waals surface area contributed by atoms with Crippen LogP contribution in [0.2, 0.25) is 0 Å². The summed E-state index contributed by atoms with van der Waals surface area (Å²) in [6, 6.07) is 7.17. The van der Waals surface area contributed by atoms with Crippen molar-refractivity contribution in [2.45, 2.75) is 32.1 Å². The zero-order valence-electron chi connectivity index (χ0n) is 10.9. The van der Waals surface area contributed by atoms with E-state index in [9.17, 15) is 13.2 Å². The summed E-state index contributed by atoms with van der Waals surface area (Å²) < 4.78 is 36.4. The van der Waals surface area contributed by atoms with Crippen LogP contribution in [0.3, 0.4) is 0 Å². The van der Waals surface area contributed by atoms with E-state index >= 15 is 0 Å². The topological polar surface area (TPSA) is 15.3 Å². The fourth-order valence-corrected chi connectivity index (χ4v) is 1.62. The van der Waals surface area contributed by atoms with Crippen LogP contribution >= 0.6 is 0 Å². The van der Waals surface area contributed by atoms with Gasteiger partial charge in [-0.15, -0.1) is 0 Å². The monoisotopic (exact) mass is 260 g/mol. The van der Waals surface area contributed by atoms with Gasteiger partial charge >= 0.3 is 6.18 Å². The zero-order valence-corrected chi connectivity index (χ0v) is 10.9. The van der Waals surface area contributed by atoms with Crippen LogP contribution in [-0.4, -0.2) is 26.3 Å². The number of hydrogen-bond acceptors (Lipinski definition) is 2. The normalized spacial score (nSPS) is 13.4. The second-order valence-electron chi connectivity index (χ2n) is 4.66. The SMILES string of the molecule is CC(CC(F)(F)F)NCc1ccc(N(C)C)cc1. The molecule has 0 saturated carbocycles. The first-order chi connectivity index (χ1) is 8.28. The number of alkyl halides is 3. The van der Waals surface area contributed by atoms with Crippen LogP contribution in [0.1, 0.15) is 18.9 Å². The van der Waals surface area contributed by atoms with E-state index in [4.69, 9.17) is 0 Å². The van der Waals surface area contributed by atoms with Crippen molar-refractivity contribution in [3.63, 3.8) is 0 Å². The second-order valence-corrected chi connectivity index (χ2v) is 4.66. The molecule has 0 aliphatic carbocycles. The average molecular weight is 260 g/mol. The standard InChI is InChI=1S/C13H19F3N2/c1-10(8-13(14,15)16)17-9-11-4-6-12(7-5-11)18(2)3/h4-7,10,17H,8-9H2,1-3H3. The Morgan fingerprint density at radius 1 is 1.17 bits per heavy atom. The van der Waals surface area contributed by atoms with Gasteiger partial charge in [0, 0.05) is 32.4 Å². The van der Waals surface area contributed by atoms with Crippen LogP contribution in [0, 0.1) is 0 Å². The summed E-state index contributed by atoms with van der Waals surface area (Å²) in [5.41, 5.74) is 2.05. The first kappa shape index (κ1) is 14.8. The molecule has 1 unspecified atom stereocenters. The molecule has 0 amide bonds. The molecule has 0 spiro atoms. The Balaban J connectivity index is 2.44. The highest BCUT2D eigenvalue weighted by atomic mass is 19.4. The molecule has 2 nitrogen and oxygen atoms in total. The lowest BCUT2D eigenvalue weighted by Crippen LogP contribution is -2.30. The lowest BCUT2D eigenvalue weighted by molar-refractivity contribution is -0.139. The Morgan fingerprint density at radius 2 is 1.72 bits per heavy atom. The molecule has 5 heteroatoms. The highest BCUT2D eigenvalue weighted by Gasteiger charge is 2.29. The molecule has 0 heterocycles. The molecule has 1 N–H and O–H groups in total. The summed E-state index contributed by atoms with van der Waals surface area (Å²) >= 11 is 0. The zero-order chi connectivity index (χ0) is 13.8. The molecule has 0 bridgehead atoms. The fraction of sp³-hybridized carbons (Fsp3) is 0.538. The molecule has 0 saturated heterocycles. The minimum Gasteiger partial charge on any atom is -0.378 e. The maximum Gasteiger partial charge on any atom is 0.390 e. The van der Waals surface area contributed by atoms with Gasteiger partial charge in [-0.1, -0.05) is 12.1 Å². The maximum absolute atomic E-state index is 12.1. The summed E-state index contributed by atoms with van der Waals surface area (Å²) in [7, 11) is 3.89. The van der Waals surface area contributed by atoms with E-state index in [0.717, 1.165) is 11.3 Å². The van der Waals surface area contributed by atoms with Crippen LogP contribution < -0.4 is 10.2 Å². The van der Waals surface area contributed by atoms with Crippen LogP contribution in [0.5, 0.6) is 0 Å². The quantitative estimate of drug-likeness (QED) is 0.874. The predicted molar refractivity (Wildman–Crippen MR) is 67.7 cm³/mol. The molecule has 18 heavy (non-hydrogen) atoms. The highest BCUT2D eigenvalue weighted by Crippen LogP contribution is 2.21. The third-order valence-corrected chi connectivity index (χ3v) is 2.65. The predicted octanol–water partition coefficient (Wildman–Crippen LogP) is 3.18. The minimum absolute atomic E-state index is 0.449. The molecular weight excluding hydrogens is 241 g/mol. The van der Waals surface area contributed by atoms with Crippen LogP contribution in [-0.2, 0) is 6.54 Å². The summed E-state index contributed by atoms with van der Waals surface area (Å²) in [5, 5.41) is 2.87. The largest absolute Gasteiger partial charge is 0.390 e. The Morgan fingerprint density at radius 3 is 2.17 bits per heavy atom. The van der Waals surface area contributed by atoms with E-state index in [1.165, 1.54) is 0 Å². The number of rotatable bonds is 5. The Labute approximate surface area is 106 Å². The van der Waals surface area contributed by atoms with E-state index in [0.29, 0.717) is 6.54 Å². The third-order valence-electron chi connectivity index (χ3n) is 2.65. The molecule has 1 aromatic carbocycles. The van der Waals surface area contributed by atoms with E-state index < -0.39 is 18.6 Å². The maximum atomic E-state index is 12.1. The van der Waals surface area contributed by atoms with E-state index in [1.54, 1.807) is 6.92 Å². The number of anilines is 1. The van der Waals surface area contributed by atoms with Crippen molar-refractivity contribution in [2.24, 2.45) is 0 Å². The molecule has 0 aliphatic heterocycles. The first-order valence-corrected chi connectivity index (χ1v) is 5.84. The lowest BCUT2D eigenvalue weighted by Gasteiger charge is -2.16. The molecule has 1 rings (SSSR count). The molecular formula is C13H19F3N2. The molecule has 0 aromatic heterocycles. The minimum atomic E-state index is -4.11. The van der Waals surface area contributed by atoms with Gasteiger partial charge in [-0.2, -0.15) is 13.2 Å². The molecule has 1 aromatic rings. The van der Waals surface area contributed by atoms with Gasteiger partial charge in [0.05, 0.1) is 6.42 Å². The van der Waals surface area contributed by atoms with Crippen molar-refractivity contribution in [2.75, 3.05) is 19.0 Å². The molecule has 0 fully saturated rings. The van der Waals surface area contributed by atoms with Crippen molar-refractivity contribution in [3.8, 4) is 0 Å². The van der Waals surface area contributed by atoms with Gasteiger partial charge in [0.2, 0.25) is 0 Å². The van der Waals surface area contributed by atoms with E-state index in [-0.39, 0.29) is 0 Å². The van der Waals surface area contributed by atoms with Crippen molar-refractivity contribution in [3.05, 3.63) is 29.8 Å². The van der Waals surface area contributed by atoms with E-state index in [1.807, 2.05) is 43.3 Å². The van der Waals surface area contributed by atoms with Gasteiger partial charge in [0.25, 0.3) is 0 Å².